The van der Waals surface area contributed by atoms with Crippen LogP contribution in [0.2, 0.25) is 0 Å². The van der Waals surface area contributed by atoms with E-state index in [4.69, 9.17) is 0 Å². The molecule has 1 aliphatic heterocycles. The number of rotatable bonds is 4. The van der Waals surface area contributed by atoms with Crippen molar-refractivity contribution in [1.82, 2.24) is 10.2 Å². The van der Waals surface area contributed by atoms with Gasteiger partial charge in [-0.25, -0.2) is 0 Å². The molecule has 0 aromatic heterocycles. The molecule has 1 saturated heterocycles. The van der Waals surface area contributed by atoms with E-state index >= 15 is 0 Å². The number of hydrogen-bond donors (Lipinski definition) is 1. The van der Waals surface area contributed by atoms with Crippen LogP contribution in [-0.4, -0.2) is 29.9 Å². The molecule has 1 atom stereocenters. The molecule has 1 fully saturated rings. The van der Waals surface area contributed by atoms with Gasteiger partial charge in [0, 0.05) is 24.7 Å². The van der Waals surface area contributed by atoms with Crippen molar-refractivity contribution in [3.8, 4) is 0 Å². The van der Waals surface area contributed by atoms with E-state index in [1.54, 1.807) is 0 Å². The standard InChI is InChI=1S/C20H24N2O/c1-16-7-5-10-18(13-16)20(23)21-19-11-6-12-22(15-19)14-17-8-3-2-4-9-17/h2-5,7-10,13,19H,6,11-12,14-15H2,1H3,(H,21,23)/t19-/m1/s1. The normalized spacial score (nSPS) is 18.6. The first-order valence-corrected chi connectivity index (χ1v) is 8.34. The zero-order valence-electron chi connectivity index (χ0n) is 13.7. The minimum absolute atomic E-state index is 0.0419. The van der Waals surface area contributed by atoms with E-state index in [9.17, 15) is 4.79 Å². The molecular weight excluding hydrogens is 284 g/mol. The smallest absolute Gasteiger partial charge is 0.251 e. The number of hydrogen-bond acceptors (Lipinski definition) is 2. The lowest BCUT2D eigenvalue weighted by atomic mass is 10.0. The van der Waals surface area contributed by atoms with Crippen molar-refractivity contribution in [3.05, 3.63) is 71.3 Å². The molecule has 3 heteroatoms. The Balaban J connectivity index is 1.57. The third-order valence-corrected chi connectivity index (χ3v) is 4.37. The second-order valence-electron chi connectivity index (χ2n) is 6.40. The van der Waals surface area contributed by atoms with Crippen LogP contribution in [0.1, 0.15) is 34.3 Å². The predicted molar refractivity (Wildman–Crippen MR) is 93.4 cm³/mol. The molecule has 2 aromatic rings. The van der Waals surface area contributed by atoms with Crippen molar-refractivity contribution >= 4 is 5.91 Å². The van der Waals surface area contributed by atoms with Crippen LogP contribution in [0.15, 0.2) is 54.6 Å². The fourth-order valence-corrected chi connectivity index (χ4v) is 3.21. The predicted octanol–water partition coefficient (Wildman–Crippen LogP) is 3.39. The van der Waals surface area contributed by atoms with Gasteiger partial charge in [-0.05, 0) is 44.0 Å². The van der Waals surface area contributed by atoms with Gasteiger partial charge in [0.15, 0.2) is 0 Å². The second-order valence-corrected chi connectivity index (χ2v) is 6.40. The van der Waals surface area contributed by atoms with E-state index in [1.807, 2.05) is 37.3 Å². The summed E-state index contributed by atoms with van der Waals surface area (Å²) >= 11 is 0. The second kappa shape index (κ2) is 7.42. The van der Waals surface area contributed by atoms with Crippen LogP contribution in [0.25, 0.3) is 0 Å². The summed E-state index contributed by atoms with van der Waals surface area (Å²) in [7, 11) is 0. The Hall–Kier alpha value is -2.13. The molecule has 0 bridgehead atoms. The summed E-state index contributed by atoms with van der Waals surface area (Å²) in [6, 6.07) is 18.5. The van der Waals surface area contributed by atoms with Gasteiger partial charge < -0.3 is 5.32 Å². The highest BCUT2D eigenvalue weighted by Crippen LogP contribution is 2.14. The third kappa shape index (κ3) is 4.42. The van der Waals surface area contributed by atoms with Crippen LogP contribution in [0.4, 0.5) is 0 Å². The number of piperidine rings is 1. The van der Waals surface area contributed by atoms with Gasteiger partial charge in [0.1, 0.15) is 0 Å². The number of carbonyl (C=O) groups is 1. The van der Waals surface area contributed by atoms with Gasteiger partial charge in [0.2, 0.25) is 0 Å². The van der Waals surface area contributed by atoms with E-state index in [0.29, 0.717) is 0 Å². The quantitative estimate of drug-likeness (QED) is 0.939. The van der Waals surface area contributed by atoms with Crippen LogP contribution < -0.4 is 5.32 Å². The van der Waals surface area contributed by atoms with Crippen LogP contribution in [-0.2, 0) is 6.54 Å². The highest BCUT2D eigenvalue weighted by molar-refractivity contribution is 5.94. The molecule has 1 heterocycles. The van der Waals surface area contributed by atoms with E-state index in [0.717, 1.165) is 43.6 Å². The molecule has 1 N–H and O–H groups in total. The Kier molecular flexibility index (Phi) is 5.09. The zero-order valence-corrected chi connectivity index (χ0v) is 13.7. The van der Waals surface area contributed by atoms with Crippen LogP contribution >= 0.6 is 0 Å². The van der Waals surface area contributed by atoms with Crippen molar-refractivity contribution in [2.75, 3.05) is 13.1 Å². The Morgan fingerprint density at radius 1 is 1.17 bits per heavy atom. The number of nitrogens with zero attached hydrogens (tertiary/aromatic N) is 1. The summed E-state index contributed by atoms with van der Waals surface area (Å²) in [5.74, 6) is 0.0419. The number of benzene rings is 2. The minimum atomic E-state index is 0.0419. The van der Waals surface area contributed by atoms with Crippen molar-refractivity contribution in [1.29, 1.82) is 0 Å². The molecule has 0 spiro atoms. The summed E-state index contributed by atoms with van der Waals surface area (Å²) in [6.45, 7) is 4.99. The number of aryl methyl sites for hydroxylation is 1. The first-order chi connectivity index (χ1) is 11.2. The Bertz CT molecular complexity index is 654. The molecule has 1 aliphatic rings. The maximum absolute atomic E-state index is 12.4. The van der Waals surface area contributed by atoms with Crippen molar-refractivity contribution in [3.63, 3.8) is 0 Å². The molecular formula is C20H24N2O. The van der Waals surface area contributed by atoms with Gasteiger partial charge in [-0.1, -0.05) is 48.0 Å². The van der Waals surface area contributed by atoms with E-state index in [-0.39, 0.29) is 11.9 Å². The Morgan fingerprint density at radius 2 is 2.00 bits per heavy atom. The number of amides is 1. The van der Waals surface area contributed by atoms with Gasteiger partial charge >= 0.3 is 0 Å². The monoisotopic (exact) mass is 308 g/mol. The highest BCUT2D eigenvalue weighted by Gasteiger charge is 2.21. The Morgan fingerprint density at radius 3 is 2.78 bits per heavy atom. The molecule has 120 valence electrons. The average Bonchev–Trinajstić information content (AvgIpc) is 2.56. The lowest BCUT2D eigenvalue weighted by Crippen LogP contribution is -2.47. The maximum Gasteiger partial charge on any atom is 0.251 e. The summed E-state index contributed by atoms with van der Waals surface area (Å²) in [5.41, 5.74) is 3.20. The number of likely N-dealkylation sites (tertiary alicyclic amines) is 1. The molecule has 0 unspecified atom stereocenters. The minimum Gasteiger partial charge on any atom is -0.348 e. The average molecular weight is 308 g/mol. The van der Waals surface area contributed by atoms with Crippen LogP contribution in [0.3, 0.4) is 0 Å². The van der Waals surface area contributed by atoms with E-state index < -0.39 is 0 Å². The zero-order chi connectivity index (χ0) is 16.1. The van der Waals surface area contributed by atoms with Gasteiger partial charge in [-0.2, -0.15) is 0 Å². The van der Waals surface area contributed by atoms with Crippen molar-refractivity contribution in [2.45, 2.75) is 32.4 Å². The fourth-order valence-electron chi connectivity index (χ4n) is 3.21. The topological polar surface area (TPSA) is 32.3 Å². The first-order valence-electron chi connectivity index (χ1n) is 8.34. The molecule has 3 nitrogen and oxygen atoms in total. The Labute approximate surface area is 138 Å². The summed E-state index contributed by atoms with van der Waals surface area (Å²) in [4.78, 5) is 14.8. The van der Waals surface area contributed by atoms with Gasteiger partial charge in [0.25, 0.3) is 5.91 Å². The van der Waals surface area contributed by atoms with Gasteiger partial charge in [-0.3, -0.25) is 9.69 Å². The molecule has 0 radical (unpaired) electrons. The van der Waals surface area contributed by atoms with Crippen molar-refractivity contribution < 1.29 is 4.79 Å². The molecule has 23 heavy (non-hydrogen) atoms. The summed E-state index contributed by atoms with van der Waals surface area (Å²) in [5, 5.41) is 3.20. The SMILES string of the molecule is Cc1cccc(C(=O)N[C@@H]2CCCN(Cc3ccccc3)C2)c1. The van der Waals surface area contributed by atoms with Gasteiger partial charge in [-0.15, -0.1) is 0 Å². The molecule has 2 aromatic carbocycles. The summed E-state index contributed by atoms with van der Waals surface area (Å²) in [6.07, 6.45) is 2.19. The highest BCUT2D eigenvalue weighted by atomic mass is 16.1. The number of carbonyl (C=O) groups excluding carboxylic acids is 1. The maximum atomic E-state index is 12.4. The van der Waals surface area contributed by atoms with E-state index in [1.165, 1.54) is 5.56 Å². The lowest BCUT2D eigenvalue weighted by molar-refractivity contribution is 0.0900. The van der Waals surface area contributed by atoms with E-state index in [2.05, 4.69) is 34.5 Å². The fraction of sp³-hybridized carbons (Fsp3) is 0.350. The van der Waals surface area contributed by atoms with Crippen molar-refractivity contribution in [2.24, 2.45) is 0 Å². The summed E-state index contributed by atoms with van der Waals surface area (Å²) < 4.78 is 0. The molecule has 0 aliphatic carbocycles. The molecule has 1 amide bonds. The first kappa shape index (κ1) is 15.8. The van der Waals surface area contributed by atoms with Crippen LogP contribution in [0.5, 0.6) is 0 Å². The molecule has 0 saturated carbocycles. The largest absolute Gasteiger partial charge is 0.348 e. The molecule has 3 rings (SSSR count). The van der Waals surface area contributed by atoms with Crippen LogP contribution in [0, 0.1) is 6.92 Å². The lowest BCUT2D eigenvalue weighted by Gasteiger charge is -2.33. The number of nitrogens with one attached hydrogen (secondary N) is 1. The third-order valence-electron chi connectivity index (χ3n) is 4.37. The van der Waals surface area contributed by atoms with Gasteiger partial charge in [0.05, 0.1) is 0 Å².